The fourth-order valence-corrected chi connectivity index (χ4v) is 5.04. The van der Waals surface area contributed by atoms with E-state index in [1.807, 2.05) is 0 Å². The average Bonchev–Trinajstić information content (AvgIpc) is 2.94. The van der Waals surface area contributed by atoms with Crippen molar-refractivity contribution in [1.29, 1.82) is 0 Å². The molecule has 4 atom stereocenters. The predicted octanol–water partition coefficient (Wildman–Crippen LogP) is 4.01. The summed E-state index contributed by atoms with van der Waals surface area (Å²) in [6, 6.07) is 22.8. The van der Waals surface area contributed by atoms with Crippen molar-refractivity contribution < 1.29 is 0 Å². The molecule has 2 heteroatoms. The zero-order valence-corrected chi connectivity index (χ0v) is 14.8. The first kappa shape index (κ1) is 15.9. The lowest BCUT2D eigenvalue weighted by atomic mass is 9.64. The van der Waals surface area contributed by atoms with E-state index in [1.54, 1.807) is 0 Å². The highest BCUT2D eigenvalue weighted by atomic mass is 15.2. The molecule has 1 N–H and O–H groups in total. The standard InChI is InChI=1S/C22H28N2/c1-24(2)22-13-14-23-21(19(15-22)17-9-5-3-6-10-17)20(16-22)18-11-7-4-8-12-18/h3-12,19-21,23H,13-16H2,1-2H3/t19-,20+,21?,22?. The normalized spacial score (nSPS) is 32.7. The van der Waals surface area contributed by atoms with E-state index < -0.39 is 0 Å². The van der Waals surface area contributed by atoms with Gasteiger partial charge in [-0.25, -0.2) is 0 Å². The molecular weight excluding hydrogens is 292 g/mol. The first-order chi connectivity index (χ1) is 11.7. The Morgan fingerprint density at radius 2 is 1.33 bits per heavy atom. The lowest BCUT2D eigenvalue weighted by molar-refractivity contribution is 0.0790. The molecule has 2 aromatic carbocycles. The average molecular weight is 320 g/mol. The van der Waals surface area contributed by atoms with Crippen molar-refractivity contribution in [3.8, 4) is 0 Å². The van der Waals surface area contributed by atoms with Crippen molar-refractivity contribution in [2.45, 2.75) is 42.7 Å². The topological polar surface area (TPSA) is 15.3 Å². The number of fused-ring (bicyclic) bond motifs is 4. The number of hydrogen-bond acceptors (Lipinski definition) is 2. The summed E-state index contributed by atoms with van der Waals surface area (Å²) in [4.78, 5) is 2.50. The molecule has 24 heavy (non-hydrogen) atoms. The third-order valence-corrected chi connectivity index (χ3v) is 6.44. The van der Waals surface area contributed by atoms with Crippen LogP contribution in [0, 0.1) is 0 Å². The molecule has 0 radical (unpaired) electrons. The SMILES string of the molecule is CN(C)C12CCNC([C@@H](c3ccccc3)C1)[C@H](c1ccccc1)C2. The van der Waals surface area contributed by atoms with Crippen LogP contribution in [-0.4, -0.2) is 37.1 Å². The van der Waals surface area contributed by atoms with E-state index in [4.69, 9.17) is 0 Å². The predicted molar refractivity (Wildman–Crippen MR) is 100 cm³/mol. The Hall–Kier alpha value is -1.64. The molecule has 3 fully saturated rings. The molecule has 0 aromatic heterocycles. The summed E-state index contributed by atoms with van der Waals surface area (Å²) in [6.45, 7) is 1.12. The Balaban J connectivity index is 1.79. The molecule has 0 spiro atoms. The molecule has 2 saturated heterocycles. The summed E-state index contributed by atoms with van der Waals surface area (Å²) in [5, 5.41) is 3.92. The van der Waals surface area contributed by atoms with Crippen molar-refractivity contribution in [2.24, 2.45) is 0 Å². The van der Waals surface area contributed by atoms with Crippen molar-refractivity contribution in [3.05, 3.63) is 71.8 Å². The first-order valence-electron chi connectivity index (χ1n) is 9.20. The molecule has 1 aliphatic carbocycles. The van der Waals surface area contributed by atoms with Gasteiger partial charge in [-0.1, -0.05) is 60.7 Å². The van der Waals surface area contributed by atoms with Gasteiger partial charge in [0, 0.05) is 23.4 Å². The van der Waals surface area contributed by atoms with Crippen molar-refractivity contribution in [3.63, 3.8) is 0 Å². The minimum Gasteiger partial charge on any atom is -0.313 e. The van der Waals surface area contributed by atoms with Gasteiger partial charge < -0.3 is 10.2 Å². The lowest BCUT2D eigenvalue weighted by Gasteiger charge is -2.49. The maximum absolute atomic E-state index is 3.92. The van der Waals surface area contributed by atoms with E-state index in [2.05, 4.69) is 85.0 Å². The Kier molecular flexibility index (Phi) is 4.19. The molecule has 1 saturated carbocycles. The van der Waals surface area contributed by atoms with Gasteiger partial charge >= 0.3 is 0 Å². The van der Waals surface area contributed by atoms with E-state index in [-0.39, 0.29) is 0 Å². The van der Waals surface area contributed by atoms with E-state index in [1.165, 1.54) is 30.4 Å². The molecule has 2 unspecified atom stereocenters. The quantitative estimate of drug-likeness (QED) is 0.919. The molecule has 2 heterocycles. The third kappa shape index (κ3) is 2.68. The van der Waals surface area contributed by atoms with Gasteiger partial charge in [0.05, 0.1) is 0 Å². The largest absolute Gasteiger partial charge is 0.313 e. The van der Waals surface area contributed by atoms with Gasteiger partial charge in [-0.2, -0.15) is 0 Å². The number of benzene rings is 2. The highest BCUT2D eigenvalue weighted by molar-refractivity contribution is 5.32. The molecule has 2 bridgehead atoms. The van der Waals surface area contributed by atoms with Crippen molar-refractivity contribution in [2.75, 3.05) is 20.6 Å². The summed E-state index contributed by atoms with van der Waals surface area (Å²) in [7, 11) is 4.55. The molecule has 2 aliphatic heterocycles. The summed E-state index contributed by atoms with van der Waals surface area (Å²) in [5.74, 6) is 1.16. The molecule has 3 aliphatic rings. The Bertz CT molecular complexity index is 615. The van der Waals surface area contributed by atoms with Crippen LogP contribution in [0.2, 0.25) is 0 Å². The highest BCUT2D eigenvalue weighted by Gasteiger charge is 2.49. The Labute approximate surface area is 145 Å². The van der Waals surface area contributed by atoms with Gasteiger partial charge in [0.25, 0.3) is 0 Å². The number of hydrogen-bond donors (Lipinski definition) is 1. The summed E-state index contributed by atoms with van der Waals surface area (Å²) >= 11 is 0. The van der Waals surface area contributed by atoms with Crippen molar-refractivity contribution in [1.82, 2.24) is 10.2 Å². The van der Waals surface area contributed by atoms with Gasteiger partial charge in [-0.15, -0.1) is 0 Å². The minimum atomic E-state index is 0.293. The van der Waals surface area contributed by atoms with Gasteiger partial charge in [-0.05, 0) is 51.0 Å². The van der Waals surface area contributed by atoms with E-state index in [0.717, 1.165) is 6.54 Å². The zero-order valence-electron chi connectivity index (χ0n) is 14.8. The molecule has 5 rings (SSSR count). The monoisotopic (exact) mass is 320 g/mol. The van der Waals surface area contributed by atoms with Crippen LogP contribution in [0.5, 0.6) is 0 Å². The van der Waals surface area contributed by atoms with Gasteiger partial charge in [0.15, 0.2) is 0 Å². The first-order valence-corrected chi connectivity index (χ1v) is 9.20. The maximum atomic E-state index is 3.92. The van der Waals surface area contributed by atoms with Gasteiger partial charge in [-0.3, -0.25) is 0 Å². The summed E-state index contributed by atoms with van der Waals surface area (Å²) in [5.41, 5.74) is 3.27. The van der Waals surface area contributed by atoms with Crippen LogP contribution in [0.15, 0.2) is 60.7 Å². The molecule has 126 valence electrons. The fourth-order valence-electron chi connectivity index (χ4n) is 5.04. The van der Waals surface area contributed by atoms with Crippen LogP contribution in [-0.2, 0) is 0 Å². The Morgan fingerprint density at radius 3 is 1.79 bits per heavy atom. The van der Waals surface area contributed by atoms with Crippen LogP contribution in [0.3, 0.4) is 0 Å². The van der Waals surface area contributed by atoms with Crippen LogP contribution in [0.4, 0.5) is 0 Å². The van der Waals surface area contributed by atoms with Gasteiger partial charge in [0.1, 0.15) is 0 Å². The summed E-state index contributed by atoms with van der Waals surface area (Å²) < 4.78 is 0. The number of nitrogens with zero attached hydrogens (tertiary/aromatic N) is 1. The molecule has 2 nitrogen and oxygen atoms in total. The van der Waals surface area contributed by atoms with E-state index >= 15 is 0 Å². The number of nitrogens with one attached hydrogen (secondary N) is 1. The second kappa shape index (κ2) is 6.34. The summed E-state index contributed by atoms with van der Waals surface area (Å²) in [6.07, 6.45) is 3.75. The van der Waals surface area contributed by atoms with Crippen LogP contribution in [0.1, 0.15) is 42.2 Å². The van der Waals surface area contributed by atoms with Crippen LogP contribution < -0.4 is 5.32 Å². The van der Waals surface area contributed by atoms with Crippen LogP contribution >= 0.6 is 0 Å². The molecular formula is C22H28N2. The molecule has 0 amide bonds. The van der Waals surface area contributed by atoms with Gasteiger partial charge in [0.2, 0.25) is 0 Å². The van der Waals surface area contributed by atoms with Crippen LogP contribution in [0.25, 0.3) is 0 Å². The second-order valence-corrected chi connectivity index (χ2v) is 7.79. The third-order valence-electron chi connectivity index (χ3n) is 6.44. The van der Waals surface area contributed by atoms with E-state index in [0.29, 0.717) is 23.4 Å². The number of rotatable bonds is 3. The van der Waals surface area contributed by atoms with E-state index in [9.17, 15) is 0 Å². The lowest BCUT2D eigenvalue weighted by Crippen LogP contribution is -2.52. The minimum absolute atomic E-state index is 0.293. The Morgan fingerprint density at radius 1 is 0.833 bits per heavy atom. The maximum Gasteiger partial charge on any atom is 0.0228 e. The van der Waals surface area contributed by atoms with Crippen molar-refractivity contribution >= 4 is 0 Å². The zero-order chi connectivity index (χ0) is 16.6. The second-order valence-electron chi connectivity index (χ2n) is 7.79. The fraction of sp³-hybridized carbons (Fsp3) is 0.455. The molecule has 2 aromatic rings. The smallest absolute Gasteiger partial charge is 0.0228 e. The highest BCUT2D eigenvalue weighted by Crippen LogP contribution is 2.50.